The molecule has 0 aliphatic heterocycles. The molecule has 0 radical (unpaired) electrons. The largest absolute Gasteiger partial charge is 0.389 e. The fourth-order valence-electron chi connectivity index (χ4n) is 2.15. The maximum absolute atomic E-state index is 6.10. The highest BCUT2D eigenvalue weighted by molar-refractivity contribution is 7.16. The normalized spacial score (nSPS) is 10.9. The number of fused-ring (bicyclic) bond motifs is 1. The van der Waals surface area contributed by atoms with Crippen LogP contribution in [0.1, 0.15) is 11.9 Å². The van der Waals surface area contributed by atoms with Gasteiger partial charge in [0.1, 0.15) is 10.7 Å². The Morgan fingerprint density at radius 2 is 1.89 bits per heavy atom. The van der Waals surface area contributed by atoms with Crippen LogP contribution >= 0.6 is 11.3 Å². The van der Waals surface area contributed by atoms with Crippen molar-refractivity contribution in [2.75, 3.05) is 5.73 Å². The molecule has 1 aromatic heterocycles. The Balaban J connectivity index is 2.27. The van der Waals surface area contributed by atoms with E-state index in [0.717, 1.165) is 27.7 Å². The molecule has 0 unspecified atom stereocenters. The predicted octanol–water partition coefficient (Wildman–Crippen LogP) is 4.11. The van der Waals surface area contributed by atoms with Gasteiger partial charge in [0.25, 0.3) is 0 Å². The second-order valence-electron chi connectivity index (χ2n) is 4.20. The number of anilines is 1. The van der Waals surface area contributed by atoms with Crippen LogP contribution in [0.4, 0.5) is 5.00 Å². The third-order valence-electron chi connectivity index (χ3n) is 3.04. The molecule has 3 rings (SSSR count). The van der Waals surface area contributed by atoms with Gasteiger partial charge in [-0.3, -0.25) is 0 Å². The second-order valence-corrected chi connectivity index (χ2v) is 5.32. The lowest BCUT2D eigenvalue weighted by Crippen LogP contribution is -1.87. The molecule has 0 aliphatic carbocycles. The molecule has 18 heavy (non-hydrogen) atoms. The summed E-state index contributed by atoms with van der Waals surface area (Å²) in [5.41, 5.74) is 8.15. The third-order valence-corrected chi connectivity index (χ3v) is 4.07. The van der Waals surface area contributed by atoms with Crippen molar-refractivity contribution in [2.24, 2.45) is 0 Å². The first kappa shape index (κ1) is 11.2. The third kappa shape index (κ3) is 1.77. The Bertz CT molecular complexity index is 695. The molecule has 0 aliphatic rings. The molecular weight excluding hydrogens is 240 g/mol. The zero-order chi connectivity index (χ0) is 12.5. The van der Waals surface area contributed by atoms with Crippen LogP contribution in [0.2, 0.25) is 0 Å². The minimum absolute atomic E-state index is 0.809. The summed E-state index contributed by atoms with van der Waals surface area (Å²) in [7, 11) is 0. The van der Waals surface area contributed by atoms with Gasteiger partial charge in [-0.15, -0.1) is 11.3 Å². The summed E-state index contributed by atoms with van der Waals surface area (Å²) in [6.07, 6.45) is 0.930. The highest BCUT2D eigenvalue weighted by atomic mass is 32.1. The van der Waals surface area contributed by atoms with Crippen LogP contribution in [0.5, 0.6) is 0 Å². The highest BCUT2D eigenvalue weighted by Crippen LogP contribution is 2.35. The van der Waals surface area contributed by atoms with Crippen LogP contribution < -0.4 is 5.73 Å². The lowest BCUT2D eigenvalue weighted by Gasteiger charge is -2.04. The minimum atomic E-state index is 0.809. The van der Waals surface area contributed by atoms with Crippen molar-refractivity contribution in [3.05, 3.63) is 47.5 Å². The highest BCUT2D eigenvalue weighted by Gasteiger charge is 2.11. The van der Waals surface area contributed by atoms with E-state index in [1.54, 1.807) is 11.3 Å². The van der Waals surface area contributed by atoms with Crippen LogP contribution in [0.25, 0.3) is 22.0 Å². The number of thiazole rings is 1. The van der Waals surface area contributed by atoms with E-state index in [1.807, 2.05) is 6.07 Å². The molecule has 2 nitrogen and oxygen atoms in total. The maximum atomic E-state index is 6.10. The van der Waals surface area contributed by atoms with Gasteiger partial charge >= 0.3 is 0 Å². The lowest BCUT2D eigenvalue weighted by atomic mass is 10.0. The maximum Gasteiger partial charge on any atom is 0.114 e. The average molecular weight is 254 g/mol. The SMILES string of the molecule is CCc1nc(-c2cccc3ccccc23)c(N)s1. The van der Waals surface area contributed by atoms with E-state index in [2.05, 4.69) is 48.3 Å². The van der Waals surface area contributed by atoms with E-state index >= 15 is 0 Å². The predicted molar refractivity (Wildman–Crippen MR) is 78.8 cm³/mol. The Kier molecular flexibility index (Phi) is 2.76. The van der Waals surface area contributed by atoms with Crippen LogP contribution in [-0.2, 0) is 6.42 Å². The van der Waals surface area contributed by atoms with E-state index in [-0.39, 0.29) is 0 Å². The van der Waals surface area contributed by atoms with E-state index in [0.29, 0.717) is 0 Å². The Morgan fingerprint density at radius 3 is 2.67 bits per heavy atom. The first-order valence-corrected chi connectivity index (χ1v) is 6.84. The molecule has 0 amide bonds. The fraction of sp³-hybridized carbons (Fsp3) is 0.133. The summed E-state index contributed by atoms with van der Waals surface area (Å²) in [5.74, 6) is 0. The molecular formula is C15H14N2S. The van der Waals surface area contributed by atoms with Crippen molar-refractivity contribution in [2.45, 2.75) is 13.3 Å². The molecule has 3 aromatic rings. The van der Waals surface area contributed by atoms with E-state index in [9.17, 15) is 0 Å². The fourth-order valence-corrected chi connectivity index (χ4v) is 2.94. The van der Waals surface area contributed by atoms with Gasteiger partial charge in [0.15, 0.2) is 0 Å². The summed E-state index contributed by atoms with van der Waals surface area (Å²) in [4.78, 5) is 4.64. The summed E-state index contributed by atoms with van der Waals surface area (Å²) < 4.78 is 0. The quantitative estimate of drug-likeness (QED) is 0.747. The van der Waals surface area contributed by atoms with E-state index < -0.39 is 0 Å². The zero-order valence-electron chi connectivity index (χ0n) is 10.2. The van der Waals surface area contributed by atoms with Crippen molar-refractivity contribution in [3.63, 3.8) is 0 Å². The summed E-state index contributed by atoms with van der Waals surface area (Å²) in [6, 6.07) is 14.6. The van der Waals surface area contributed by atoms with Crippen molar-refractivity contribution >= 4 is 27.1 Å². The Morgan fingerprint density at radius 1 is 1.11 bits per heavy atom. The van der Waals surface area contributed by atoms with Gasteiger partial charge in [-0.1, -0.05) is 49.4 Å². The molecule has 2 N–H and O–H groups in total. The average Bonchev–Trinajstić information content (AvgIpc) is 2.79. The van der Waals surface area contributed by atoms with E-state index in [4.69, 9.17) is 5.73 Å². The van der Waals surface area contributed by atoms with Gasteiger partial charge in [-0.05, 0) is 17.2 Å². The summed E-state index contributed by atoms with van der Waals surface area (Å²) in [6.45, 7) is 2.10. The second kappa shape index (κ2) is 4.42. The molecule has 1 heterocycles. The standard InChI is InChI=1S/C15H14N2S/c1-2-13-17-14(15(16)18-13)12-9-5-7-10-6-3-4-8-11(10)12/h3-9H,2,16H2,1H3. The number of nitrogen functional groups attached to an aromatic ring is 1. The zero-order valence-corrected chi connectivity index (χ0v) is 11.0. The van der Waals surface area contributed by atoms with Crippen molar-refractivity contribution in [1.29, 1.82) is 0 Å². The number of aromatic nitrogens is 1. The molecule has 0 saturated heterocycles. The van der Waals surface area contributed by atoms with Crippen molar-refractivity contribution in [1.82, 2.24) is 4.98 Å². The van der Waals surface area contributed by atoms with Gasteiger partial charge in [0.05, 0.1) is 5.01 Å². The number of nitrogens with two attached hydrogens (primary N) is 1. The lowest BCUT2D eigenvalue weighted by molar-refractivity contribution is 1.10. The molecule has 0 fully saturated rings. The van der Waals surface area contributed by atoms with Gasteiger partial charge in [0, 0.05) is 5.56 Å². The number of hydrogen-bond donors (Lipinski definition) is 1. The van der Waals surface area contributed by atoms with Crippen LogP contribution in [0.3, 0.4) is 0 Å². The molecule has 2 aromatic carbocycles. The first-order chi connectivity index (χ1) is 8.79. The smallest absolute Gasteiger partial charge is 0.114 e. The Hall–Kier alpha value is -1.87. The van der Waals surface area contributed by atoms with Crippen LogP contribution in [0, 0.1) is 0 Å². The van der Waals surface area contributed by atoms with Crippen molar-refractivity contribution < 1.29 is 0 Å². The Labute approximate surface area is 110 Å². The number of nitrogens with zero attached hydrogens (tertiary/aromatic N) is 1. The van der Waals surface area contributed by atoms with Crippen LogP contribution in [-0.4, -0.2) is 4.98 Å². The van der Waals surface area contributed by atoms with Gasteiger partial charge < -0.3 is 5.73 Å². The van der Waals surface area contributed by atoms with Gasteiger partial charge in [-0.25, -0.2) is 4.98 Å². The topological polar surface area (TPSA) is 38.9 Å². The first-order valence-electron chi connectivity index (χ1n) is 6.03. The minimum Gasteiger partial charge on any atom is -0.389 e. The molecule has 0 saturated carbocycles. The van der Waals surface area contributed by atoms with Crippen LogP contribution in [0.15, 0.2) is 42.5 Å². The van der Waals surface area contributed by atoms with E-state index in [1.165, 1.54) is 10.8 Å². The van der Waals surface area contributed by atoms with Crippen molar-refractivity contribution in [3.8, 4) is 11.3 Å². The number of aryl methyl sites for hydroxylation is 1. The molecule has 0 atom stereocenters. The number of hydrogen-bond acceptors (Lipinski definition) is 3. The summed E-state index contributed by atoms with van der Waals surface area (Å²) >= 11 is 1.58. The monoisotopic (exact) mass is 254 g/mol. The molecule has 90 valence electrons. The number of rotatable bonds is 2. The number of benzene rings is 2. The molecule has 3 heteroatoms. The summed E-state index contributed by atoms with van der Waals surface area (Å²) in [5, 5.41) is 4.33. The van der Waals surface area contributed by atoms with Gasteiger partial charge in [0.2, 0.25) is 0 Å². The van der Waals surface area contributed by atoms with Gasteiger partial charge in [-0.2, -0.15) is 0 Å². The molecule has 0 bridgehead atoms. The molecule has 0 spiro atoms.